The number of pyridine rings is 1. The van der Waals surface area contributed by atoms with Crippen LogP contribution in [0.5, 0.6) is 0 Å². The van der Waals surface area contributed by atoms with E-state index in [2.05, 4.69) is 31.2 Å². The lowest BCUT2D eigenvalue weighted by molar-refractivity contribution is -0.186. The molecule has 0 saturated carbocycles. The molecule has 1 aliphatic rings. The number of aromatic nitrogens is 4. The number of hydrogen-bond acceptors (Lipinski definition) is 9. The van der Waals surface area contributed by atoms with Crippen LogP contribution in [-0.4, -0.2) is 67.7 Å². The predicted octanol–water partition coefficient (Wildman–Crippen LogP) is 2.85. The minimum absolute atomic E-state index is 0.208. The molecule has 0 spiro atoms. The van der Waals surface area contributed by atoms with Crippen LogP contribution in [0.4, 0.5) is 4.39 Å². The number of thioether (sulfide) groups is 1. The van der Waals surface area contributed by atoms with Gasteiger partial charge in [-0.05, 0) is 40.5 Å². The summed E-state index contributed by atoms with van der Waals surface area (Å²) in [4.78, 5) is 4.66. The number of nitriles is 1. The second-order valence-electron chi connectivity index (χ2n) is 7.68. The Hall–Kier alpha value is -2.40. The van der Waals surface area contributed by atoms with Crippen molar-refractivity contribution < 1.29 is 24.1 Å². The molecule has 3 heterocycles. The van der Waals surface area contributed by atoms with Crippen LogP contribution in [-0.2, 0) is 9.47 Å². The van der Waals surface area contributed by atoms with Crippen molar-refractivity contribution in [2.75, 3.05) is 13.7 Å². The highest BCUT2D eigenvalue weighted by atomic mass is 79.9. The second kappa shape index (κ2) is 10.5. The van der Waals surface area contributed by atoms with E-state index >= 15 is 0 Å². The summed E-state index contributed by atoms with van der Waals surface area (Å²) in [5.74, 6) is -0.361. The molecule has 1 aromatic carbocycles. The van der Waals surface area contributed by atoms with Gasteiger partial charge in [0.1, 0.15) is 47.4 Å². The lowest BCUT2D eigenvalue weighted by Crippen LogP contribution is -2.55. The average molecular weight is 550 g/mol. The first kappa shape index (κ1) is 24.7. The zero-order valence-corrected chi connectivity index (χ0v) is 20.6. The first-order chi connectivity index (χ1) is 16.4. The molecule has 4 rings (SSSR count). The minimum Gasteiger partial charge on any atom is -0.394 e. The first-order valence-electron chi connectivity index (χ1n) is 10.2. The van der Waals surface area contributed by atoms with E-state index in [4.69, 9.17) is 9.47 Å². The lowest BCUT2D eigenvalue weighted by atomic mass is 9.97. The lowest BCUT2D eigenvalue weighted by Gasteiger charge is -2.43. The van der Waals surface area contributed by atoms with Gasteiger partial charge in [0.05, 0.1) is 12.8 Å². The Labute approximate surface area is 207 Å². The van der Waals surface area contributed by atoms with Gasteiger partial charge in [0, 0.05) is 28.2 Å². The molecule has 9 nitrogen and oxygen atoms in total. The van der Waals surface area contributed by atoms with Gasteiger partial charge in [-0.2, -0.15) is 5.26 Å². The minimum atomic E-state index is -1.17. The fourth-order valence-electron chi connectivity index (χ4n) is 3.74. The maximum absolute atomic E-state index is 14.1. The van der Waals surface area contributed by atoms with Crippen LogP contribution in [0.25, 0.3) is 11.3 Å². The normalized spacial score (nSPS) is 24.7. The number of methoxy groups -OCH3 is 1. The molecule has 1 fully saturated rings. The zero-order chi connectivity index (χ0) is 24.4. The molecule has 3 aromatic rings. The van der Waals surface area contributed by atoms with E-state index in [1.165, 1.54) is 35.8 Å². The van der Waals surface area contributed by atoms with Gasteiger partial charge in [-0.3, -0.25) is 0 Å². The van der Waals surface area contributed by atoms with E-state index < -0.39 is 36.4 Å². The standard InChI is InChI=1S/C22H21BrFN5O4S/c1-11-3-4-12(5-14(11)24)16-9-29(28-27-16)19-20(31)17(10-30)33-22(21(19)32-2)34-18-6-13(23)8-26-15(18)7-25/h3-6,8-9,17,19-22,30-31H,10H2,1-2H3. The Balaban J connectivity index is 1.68. The third kappa shape index (κ3) is 4.86. The molecule has 178 valence electrons. The SMILES string of the molecule is COC1C(Sc2cc(Br)cnc2C#N)OC(CO)C(O)C1n1cc(-c2ccc(C)c(F)c2)nn1. The highest BCUT2D eigenvalue weighted by molar-refractivity contribution is 9.10. The molecule has 2 aromatic heterocycles. The summed E-state index contributed by atoms with van der Waals surface area (Å²) in [5, 5.41) is 38.6. The maximum atomic E-state index is 14.1. The highest BCUT2D eigenvalue weighted by Gasteiger charge is 2.47. The zero-order valence-electron chi connectivity index (χ0n) is 18.2. The van der Waals surface area contributed by atoms with Gasteiger partial charge in [-0.15, -0.1) is 5.10 Å². The summed E-state index contributed by atoms with van der Waals surface area (Å²) >= 11 is 4.55. The fraction of sp³-hybridized carbons (Fsp3) is 0.364. The third-order valence-corrected chi connectivity index (χ3v) is 7.16. The van der Waals surface area contributed by atoms with Crippen molar-refractivity contribution in [1.29, 1.82) is 5.26 Å². The van der Waals surface area contributed by atoms with Crippen molar-refractivity contribution in [3.8, 4) is 17.3 Å². The summed E-state index contributed by atoms with van der Waals surface area (Å²) in [7, 11) is 1.47. The molecular weight excluding hydrogens is 529 g/mol. The number of hydrogen-bond donors (Lipinski definition) is 2. The Morgan fingerprint density at radius 2 is 2.18 bits per heavy atom. The van der Waals surface area contributed by atoms with Gasteiger partial charge in [0.15, 0.2) is 5.69 Å². The van der Waals surface area contributed by atoms with Crippen molar-refractivity contribution in [3.63, 3.8) is 0 Å². The van der Waals surface area contributed by atoms with Gasteiger partial charge < -0.3 is 19.7 Å². The molecule has 1 saturated heterocycles. The largest absolute Gasteiger partial charge is 0.394 e. The maximum Gasteiger partial charge on any atom is 0.154 e. The van der Waals surface area contributed by atoms with Gasteiger partial charge in [-0.25, -0.2) is 14.1 Å². The Morgan fingerprint density at radius 3 is 2.85 bits per heavy atom. The summed E-state index contributed by atoms with van der Waals surface area (Å²) in [6.07, 6.45) is 0.257. The molecule has 0 amide bonds. The van der Waals surface area contributed by atoms with E-state index in [-0.39, 0.29) is 11.5 Å². The Morgan fingerprint density at radius 1 is 1.38 bits per heavy atom. The number of aliphatic hydroxyl groups excluding tert-OH is 2. The van der Waals surface area contributed by atoms with E-state index in [0.717, 1.165) is 0 Å². The number of nitrogens with zero attached hydrogens (tertiary/aromatic N) is 5. The van der Waals surface area contributed by atoms with Gasteiger partial charge >= 0.3 is 0 Å². The molecule has 5 atom stereocenters. The third-order valence-electron chi connectivity index (χ3n) is 5.55. The quantitative estimate of drug-likeness (QED) is 0.477. The van der Waals surface area contributed by atoms with E-state index in [9.17, 15) is 19.9 Å². The summed E-state index contributed by atoms with van der Waals surface area (Å²) in [5.41, 5.74) is 0.955. The van der Waals surface area contributed by atoms with Crippen LogP contribution in [0.2, 0.25) is 0 Å². The van der Waals surface area contributed by atoms with Crippen molar-refractivity contribution in [2.45, 2.75) is 41.6 Å². The van der Waals surface area contributed by atoms with Crippen LogP contribution in [0, 0.1) is 24.1 Å². The van der Waals surface area contributed by atoms with Crippen LogP contribution < -0.4 is 0 Å². The van der Waals surface area contributed by atoms with Gasteiger partial charge in [0.2, 0.25) is 0 Å². The van der Waals surface area contributed by atoms with Crippen molar-refractivity contribution in [1.82, 2.24) is 20.0 Å². The average Bonchev–Trinajstić information content (AvgIpc) is 3.31. The molecule has 34 heavy (non-hydrogen) atoms. The first-order valence-corrected chi connectivity index (χ1v) is 11.9. The molecular formula is C22H21BrFN5O4S. The monoisotopic (exact) mass is 549 g/mol. The molecule has 0 bridgehead atoms. The molecule has 0 radical (unpaired) electrons. The summed E-state index contributed by atoms with van der Waals surface area (Å²) in [6.45, 7) is 1.22. The number of ether oxygens (including phenoxy) is 2. The summed E-state index contributed by atoms with van der Waals surface area (Å²) in [6, 6.07) is 7.76. The van der Waals surface area contributed by atoms with Crippen molar-refractivity contribution in [3.05, 3.63) is 58.2 Å². The number of halogens is 2. The topological polar surface area (TPSA) is 126 Å². The number of aliphatic hydroxyl groups is 2. The van der Waals surface area contributed by atoms with Gasteiger partial charge in [0.25, 0.3) is 0 Å². The van der Waals surface area contributed by atoms with Crippen LogP contribution >= 0.6 is 27.7 Å². The molecule has 2 N–H and O–H groups in total. The molecule has 0 aliphatic carbocycles. The van der Waals surface area contributed by atoms with E-state index in [1.807, 2.05) is 6.07 Å². The predicted molar refractivity (Wildman–Crippen MR) is 124 cm³/mol. The Kier molecular flexibility index (Phi) is 7.61. The molecule has 1 aliphatic heterocycles. The summed E-state index contributed by atoms with van der Waals surface area (Å²) < 4.78 is 27.8. The second-order valence-corrected chi connectivity index (χ2v) is 9.74. The van der Waals surface area contributed by atoms with Gasteiger partial charge in [-0.1, -0.05) is 29.1 Å². The molecule has 12 heteroatoms. The Bertz CT molecular complexity index is 1220. The number of benzene rings is 1. The van der Waals surface area contributed by atoms with E-state index in [0.29, 0.717) is 26.2 Å². The fourth-order valence-corrected chi connectivity index (χ4v) is 5.48. The van der Waals surface area contributed by atoms with Crippen molar-refractivity contribution >= 4 is 27.7 Å². The van der Waals surface area contributed by atoms with Crippen molar-refractivity contribution in [2.24, 2.45) is 0 Å². The number of rotatable bonds is 6. The van der Waals surface area contributed by atoms with Crippen LogP contribution in [0.1, 0.15) is 17.3 Å². The van der Waals surface area contributed by atoms with E-state index in [1.54, 1.807) is 31.3 Å². The number of aryl methyl sites for hydroxylation is 1. The smallest absolute Gasteiger partial charge is 0.154 e. The van der Waals surface area contributed by atoms with Crippen LogP contribution in [0.15, 0.2) is 46.0 Å². The molecule has 5 unspecified atom stereocenters. The van der Waals surface area contributed by atoms with Crippen LogP contribution in [0.3, 0.4) is 0 Å². The highest BCUT2D eigenvalue weighted by Crippen LogP contribution is 2.40.